The number of rotatable bonds is 7. The molecule has 4 rings (SSSR count). The van der Waals surface area contributed by atoms with E-state index in [-0.39, 0.29) is 17.4 Å². The molecule has 1 atom stereocenters. The van der Waals surface area contributed by atoms with Gasteiger partial charge in [-0.05, 0) is 50.3 Å². The minimum Gasteiger partial charge on any atom is -0.476 e. The average Bonchev–Trinajstić information content (AvgIpc) is 3.36. The molecular formula is C25H26N4O6S. The highest BCUT2D eigenvalue weighted by Gasteiger charge is 2.33. The van der Waals surface area contributed by atoms with Crippen LogP contribution >= 0.6 is 0 Å². The summed E-state index contributed by atoms with van der Waals surface area (Å²) in [5.41, 5.74) is 2.59. The quantitative estimate of drug-likeness (QED) is 0.384. The normalized spacial score (nSPS) is 15.8. The fraction of sp³-hybridized carbons (Fsp3) is 0.240. The summed E-state index contributed by atoms with van der Waals surface area (Å²) in [4.78, 5) is 25.6. The van der Waals surface area contributed by atoms with E-state index in [1.54, 1.807) is 55.0 Å². The Bertz CT molecular complexity index is 1490. The van der Waals surface area contributed by atoms with Gasteiger partial charge in [0, 0.05) is 28.4 Å². The van der Waals surface area contributed by atoms with Crippen LogP contribution in [0.3, 0.4) is 0 Å². The molecule has 3 aromatic rings. The Labute approximate surface area is 208 Å². The number of sulfonamides is 1. The number of aromatic nitrogens is 1. The third-order valence-corrected chi connectivity index (χ3v) is 6.18. The van der Waals surface area contributed by atoms with Crippen LogP contribution in [0, 0.1) is 0 Å². The zero-order chi connectivity index (χ0) is 26.0. The van der Waals surface area contributed by atoms with E-state index in [4.69, 9.17) is 9.47 Å². The SMILES string of the molecule is CCOC1=NN(c2ccc(NS(C)(=O)=O)cc2)C(=O)/C1=C\c1cn(C(C)C(=O)OC)c2ccccc12. The third kappa shape index (κ3) is 4.96. The zero-order valence-corrected chi connectivity index (χ0v) is 21.1. The van der Waals surface area contributed by atoms with E-state index >= 15 is 0 Å². The summed E-state index contributed by atoms with van der Waals surface area (Å²) in [5.74, 6) is -0.623. The molecule has 0 fully saturated rings. The Morgan fingerprint density at radius 2 is 1.86 bits per heavy atom. The minimum atomic E-state index is -3.43. The summed E-state index contributed by atoms with van der Waals surface area (Å²) < 4.78 is 37.7. The molecule has 0 bridgehead atoms. The maximum Gasteiger partial charge on any atom is 0.328 e. The molecule has 1 aliphatic rings. The highest BCUT2D eigenvalue weighted by molar-refractivity contribution is 7.92. The standard InChI is InChI=1S/C25H26N4O6S/c1-5-35-23-21(24(30)29(26-23)19-12-10-18(11-13-19)27-36(4,32)33)14-17-15-28(16(2)25(31)34-3)22-9-7-6-8-20(17)22/h6-16,27H,5H2,1-4H3/b21-14-. The predicted molar refractivity (Wildman–Crippen MR) is 138 cm³/mol. The second-order valence-electron chi connectivity index (χ2n) is 8.14. The van der Waals surface area contributed by atoms with Crippen molar-refractivity contribution >= 4 is 56.2 Å². The van der Waals surface area contributed by atoms with Crippen LogP contribution in [0.15, 0.2) is 65.4 Å². The highest BCUT2D eigenvalue weighted by Crippen LogP contribution is 2.31. The van der Waals surface area contributed by atoms with E-state index in [1.165, 1.54) is 12.1 Å². The van der Waals surface area contributed by atoms with Gasteiger partial charge in [-0.15, -0.1) is 5.10 Å². The van der Waals surface area contributed by atoms with Crippen molar-refractivity contribution in [3.8, 4) is 0 Å². The first-order chi connectivity index (χ1) is 17.1. The van der Waals surface area contributed by atoms with Crippen molar-refractivity contribution in [2.45, 2.75) is 19.9 Å². The van der Waals surface area contributed by atoms with E-state index < -0.39 is 22.0 Å². The lowest BCUT2D eigenvalue weighted by atomic mass is 10.1. The van der Waals surface area contributed by atoms with E-state index in [1.807, 2.05) is 24.3 Å². The number of carbonyl (C=O) groups excluding carboxylic acids is 2. The number of amides is 1. The van der Waals surface area contributed by atoms with Crippen LogP contribution in [0.1, 0.15) is 25.5 Å². The Kier molecular flexibility index (Phi) is 6.84. The summed E-state index contributed by atoms with van der Waals surface area (Å²) >= 11 is 0. The first-order valence-corrected chi connectivity index (χ1v) is 13.0. The topological polar surface area (TPSA) is 119 Å². The Balaban J connectivity index is 1.73. The van der Waals surface area contributed by atoms with Gasteiger partial charge in [0.25, 0.3) is 5.91 Å². The van der Waals surface area contributed by atoms with Crippen LogP contribution in [0.25, 0.3) is 17.0 Å². The van der Waals surface area contributed by atoms with Crippen LogP contribution in [-0.2, 0) is 29.1 Å². The van der Waals surface area contributed by atoms with Gasteiger partial charge >= 0.3 is 5.97 Å². The number of hydrogen-bond acceptors (Lipinski definition) is 7. The summed E-state index contributed by atoms with van der Waals surface area (Å²) in [5, 5.41) is 6.42. The molecule has 0 aliphatic carbocycles. The minimum absolute atomic E-state index is 0.165. The van der Waals surface area contributed by atoms with Crippen molar-refractivity contribution in [1.82, 2.24) is 4.57 Å². The van der Waals surface area contributed by atoms with Gasteiger partial charge in [-0.3, -0.25) is 9.52 Å². The fourth-order valence-corrected chi connectivity index (χ4v) is 4.49. The molecular weight excluding hydrogens is 484 g/mol. The third-order valence-electron chi connectivity index (χ3n) is 5.57. The molecule has 36 heavy (non-hydrogen) atoms. The monoisotopic (exact) mass is 510 g/mol. The van der Waals surface area contributed by atoms with Crippen LogP contribution in [0.2, 0.25) is 0 Å². The summed E-state index contributed by atoms with van der Waals surface area (Å²) in [6.07, 6.45) is 4.55. The van der Waals surface area contributed by atoms with E-state index in [0.717, 1.165) is 17.2 Å². The van der Waals surface area contributed by atoms with Gasteiger partial charge in [0.05, 0.1) is 25.7 Å². The number of nitrogens with zero attached hydrogens (tertiary/aromatic N) is 3. The van der Waals surface area contributed by atoms with Gasteiger partial charge in [0.15, 0.2) is 0 Å². The first kappa shape index (κ1) is 25.0. The van der Waals surface area contributed by atoms with Crippen molar-refractivity contribution in [1.29, 1.82) is 0 Å². The Morgan fingerprint density at radius 3 is 2.50 bits per heavy atom. The van der Waals surface area contributed by atoms with Gasteiger partial charge in [0.2, 0.25) is 15.9 Å². The molecule has 1 aliphatic heterocycles. The van der Waals surface area contributed by atoms with E-state index in [0.29, 0.717) is 23.5 Å². The van der Waals surface area contributed by atoms with Crippen molar-refractivity contribution in [2.24, 2.45) is 5.10 Å². The highest BCUT2D eigenvalue weighted by atomic mass is 32.2. The smallest absolute Gasteiger partial charge is 0.328 e. The molecule has 1 aromatic heterocycles. The number of methoxy groups -OCH3 is 1. The van der Waals surface area contributed by atoms with Crippen LogP contribution in [0.5, 0.6) is 0 Å². The van der Waals surface area contributed by atoms with Gasteiger partial charge in [0.1, 0.15) is 11.6 Å². The lowest BCUT2D eigenvalue weighted by molar-refractivity contribution is -0.143. The van der Waals surface area contributed by atoms with Gasteiger partial charge in [-0.25, -0.2) is 13.2 Å². The maximum atomic E-state index is 13.4. The van der Waals surface area contributed by atoms with Crippen molar-refractivity contribution < 1.29 is 27.5 Å². The molecule has 0 saturated carbocycles. The Morgan fingerprint density at radius 1 is 1.17 bits per heavy atom. The van der Waals surface area contributed by atoms with Crippen LogP contribution in [-0.4, -0.2) is 50.7 Å². The van der Waals surface area contributed by atoms with Crippen molar-refractivity contribution in [2.75, 3.05) is 29.7 Å². The number of hydrazone groups is 1. The number of para-hydroxylation sites is 1. The molecule has 2 heterocycles. The van der Waals surface area contributed by atoms with E-state index in [9.17, 15) is 18.0 Å². The fourth-order valence-electron chi connectivity index (χ4n) is 3.93. The predicted octanol–water partition coefficient (Wildman–Crippen LogP) is 3.53. The molecule has 1 N–H and O–H groups in total. The van der Waals surface area contributed by atoms with Crippen molar-refractivity contribution in [3.63, 3.8) is 0 Å². The lowest BCUT2D eigenvalue weighted by Crippen LogP contribution is -2.21. The Hall–Kier alpha value is -4.12. The maximum absolute atomic E-state index is 13.4. The number of nitrogens with one attached hydrogen (secondary N) is 1. The number of anilines is 2. The van der Waals surface area contributed by atoms with Crippen LogP contribution < -0.4 is 9.73 Å². The molecule has 0 saturated heterocycles. The number of hydrogen-bond donors (Lipinski definition) is 1. The average molecular weight is 511 g/mol. The first-order valence-electron chi connectivity index (χ1n) is 11.2. The number of fused-ring (bicyclic) bond motifs is 1. The largest absolute Gasteiger partial charge is 0.476 e. The summed E-state index contributed by atoms with van der Waals surface area (Å²) in [6.45, 7) is 3.84. The number of ether oxygens (including phenoxy) is 2. The zero-order valence-electron chi connectivity index (χ0n) is 20.3. The number of benzene rings is 2. The summed E-state index contributed by atoms with van der Waals surface area (Å²) in [6, 6.07) is 13.2. The molecule has 11 heteroatoms. The summed E-state index contributed by atoms with van der Waals surface area (Å²) in [7, 11) is -2.09. The van der Waals surface area contributed by atoms with Crippen LogP contribution in [0.4, 0.5) is 11.4 Å². The van der Waals surface area contributed by atoms with Gasteiger partial charge < -0.3 is 14.0 Å². The second kappa shape index (κ2) is 9.86. The molecule has 2 aromatic carbocycles. The van der Waals surface area contributed by atoms with Gasteiger partial charge in [-0.2, -0.15) is 5.01 Å². The van der Waals surface area contributed by atoms with E-state index in [2.05, 4.69) is 9.82 Å². The molecule has 188 valence electrons. The molecule has 0 spiro atoms. The van der Waals surface area contributed by atoms with Crippen molar-refractivity contribution in [3.05, 3.63) is 65.9 Å². The molecule has 10 nitrogen and oxygen atoms in total. The lowest BCUT2D eigenvalue weighted by Gasteiger charge is -2.12. The second-order valence-corrected chi connectivity index (χ2v) is 9.89. The van der Waals surface area contributed by atoms with Gasteiger partial charge in [-0.1, -0.05) is 18.2 Å². The molecule has 0 radical (unpaired) electrons. The molecule has 1 amide bonds. The molecule has 1 unspecified atom stereocenters. The number of esters is 1. The number of carbonyl (C=O) groups is 2.